The molecule has 0 aliphatic carbocycles. The van der Waals surface area contributed by atoms with Gasteiger partial charge in [0.2, 0.25) is 11.6 Å². The third kappa shape index (κ3) is 4.70. The number of rotatable bonds is 7. The molecule has 0 spiro atoms. The average Bonchev–Trinajstić information content (AvgIpc) is 3.21. The SMILES string of the molecule is CN(C)CCCNC(=O)c1ccc(-c2cnc(N)c(-c3nc4cccnc4o3)c2)cc1. The zero-order chi connectivity index (χ0) is 21.8. The van der Waals surface area contributed by atoms with E-state index in [-0.39, 0.29) is 5.91 Å². The predicted molar refractivity (Wildman–Crippen MR) is 120 cm³/mol. The van der Waals surface area contributed by atoms with E-state index < -0.39 is 0 Å². The number of carbonyl (C=O) groups is 1. The summed E-state index contributed by atoms with van der Waals surface area (Å²) in [5.41, 5.74) is 10.1. The van der Waals surface area contributed by atoms with Gasteiger partial charge in [-0.25, -0.2) is 15.0 Å². The van der Waals surface area contributed by atoms with Crippen LogP contribution in [0.15, 0.2) is 59.3 Å². The van der Waals surface area contributed by atoms with Crippen molar-refractivity contribution in [2.24, 2.45) is 0 Å². The summed E-state index contributed by atoms with van der Waals surface area (Å²) >= 11 is 0. The Balaban J connectivity index is 1.52. The van der Waals surface area contributed by atoms with Crippen LogP contribution in [0.3, 0.4) is 0 Å². The molecule has 3 aromatic heterocycles. The van der Waals surface area contributed by atoms with E-state index in [0.717, 1.165) is 24.1 Å². The van der Waals surface area contributed by atoms with Crippen molar-refractivity contribution in [3.63, 3.8) is 0 Å². The van der Waals surface area contributed by atoms with E-state index in [9.17, 15) is 4.79 Å². The Morgan fingerprint density at radius 3 is 2.68 bits per heavy atom. The number of nitrogen functional groups attached to an aromatic ring is 1. The molecule has 0 aliphatic rings. The van der Waals surface area contributed by atoms with Crippen LogP contribution in [-0.4, -0.2) is 52.9 Å². The van der Waals surface area contributed by atoms with E-state index in [1.165, 1.54) is 0 Å². The predicted octanol–water partition coefficient (Wildman–Crippen LogP) is 3.22. The Kier molecular flexibility index (Phi) is 5.90. The summed E-state index contributed by atoms with van der Waals surface area (Å²) in [6, 6.07) is 12.9. The van der Waals surface area contributed by atoms with Gasteiger partial charge >= 0.3 is 0 Å². The molecule has 31 heavy (non-hydrogen) atoms. The normalized spacial score (nSPS) is 11.2. The van der Waals surface area contributed by atoms with Gasteiger partial charge in [0.05, 0.1) is 5.56 Å². The summed E-state index contributed by atoms with van der Waals surface area (Å²) in [4.78, 5) is 27.3. The quantitative estimate of drug-likeness (QED) is 0.445. The minimum Gasteiger partial charge on any atom is -0.418 e. The molecule has 0 bridgehead atoms. The highest BCUT2D eigenvalue weighted by Crippen LogP contribution is 2.30. The number of nitrogens with zero attached hydrogens (tertiary/aromatic N) is 4. The number of carbonyl (C=O) groups excluding carboxylic acids is 1. The molecule has 8 heteroatoms. The van der Waals surface area contributed by atoms with Gasteiger partial charge in [-0.05, 0) is 63.0 Å². The van der Waals surface area contributed by atoms with Crippen LogP contribution in [0.4, 0.5) is 5.82 Å². The molecule has 4 rings (SSSR count). The molecule has 3 N–H and O–H groups in total. The van der Waals surface area contributed by atoms with Crippen LogP contribution in [0, 0.1) is 0 Å². The standard InChI is InChI=1S/C23H24N6O2/c1-29(2)12-4-11-25-21(30)16-8-6-15(7-9-16)17-13-18(20(24)27-14-17)22-28-19-5-3-10-26-23(19)31-22/h3,5-10,13-14H,4,11-12H2,1-2H3,(H2,24,27)(H,25,30). The highest BCUT2D eigenvalue weighted by molar-refractivity contribution is 5.94. The lowest BCUT2D eigenvalue weighted by molar-refractivity contribution is 0.0952. The Bertz CT molecular complexity index is 1170. The summed E-state index contributed by atoms with van der Waals surface area (Å²) in [5, 5.41) is 2.94. The minimum atomic E-state index is -0.0830. The fraction of sp³-hybridized carbons (Fsp3) is 0.217. The largest absolute Gasteiger partial charge is 0.418 e. The molecule has 0 saturated carbocycles. The van der Waals surface area contributed by atoms with Crippen LogP contribution in [0.5, 0.6) is 0 Å². The zero-order valence-electron chi connectivity index (χ0n) is 17.5. The summed E-state index contributed by atoms with van der Waals surface area (Å²) in [7, 11) is 4.03. The first-order valence-corrected chi connectivity index (χ1v) is 10.0. The number of anilines is 1. The summed E-state index contributed by atoms with van der Waals surface area (Å²) < 4.78 is 5.74. The number of nitrogens with one attached hydrogen (secondary N) is 1. The molecule has 1 amide bonds. The Morgan fingerprint density at radius 2 is 1.94 bits per heavy atom. The minimum absolute atomic E-state index is 0.0830. The maximum atomic E-state index is 12.3. The van der Waals surface area contributed by atoms with Crippen molar-refractivity contribution in [3.05, 3.63) is 60.4 Å². The number of nitrogens with two attached hydrogens (primary N) is 1. The van der Waals surface area contributed by atoms with Crippen molar-refractivity contribution in [1.29, 1.82) is 0 Å². The van der Waals surface area contributed by atoms with Crippen molar-refractivity contribution >= 4 is 23.0 Å². The van der Waals surface area contributed by atoms with Gasteiger partial charge in [-0.1, -0.05) is 12.1 Å². The molecule has 0 unspecified atom stereocenters. The molecule has 0 fully saturated rings. The molecule has 158 valence electrons. The van der Waals surface area contributed by atoms with Gasteiger partial charge < -0.3 is 20.4 Å². The van der Waals surface area contributed by atoms with Crippen LogP contribution >= 0.6 is 0 Å². The number of hydrogen-bond acceptors (Lipinski definition) is 7. The van der Waals surface area contributed by atoms with Crippen LogP contribution in [-0.2, 0) is 0 Å². The molecule has 1 aromatic carbocycles. The number of amides is 1. The Labute approximate surface area is 180 Å². The van der Waals surface area contributed by atoms with Gasteiger partial charge in [0.25, 0.3) is 5.91 Å². The van der Waals surface area contributed by atoms with Crippen molar-refractivity contribution in [2.45, 2.75) is 6.42 Å². The third-order valence-electron chi connectivity index (χ3n) is 4.86. The molecule has 0 radical (unpaired) electrons. The van der Waals surface area contributed by atoms with Crippen molar-refractivity contribution in [2.75, 3.05) is 32.9 Å². The fourth-order valence-corrected chi connectivity index (χ4v) is 3.20. The molecule has 4 aromatic rings. The molecular formula is C23H24N6O2. The van der Waals surface area contributed by atoms with Crippen LogP contribution in [0.2, 0.25) is 0 Å². The third-order valence-corrected chi connectivity index (χ3v) is 4.86. The molecule has 0 atom stereocenters. The van der Waals surface area contributed by atoms with Gasteiger partial charge in [0.15, 0.2) is 0 Å². The Morgan fingerprint density at radius 1 is 1.13 bits per heavy atom. The van der Waals surface area contributed by atoms with E-state index in [2.05, 4.69) is 25.2 Å². The van der Waals surface area contributed by atoms with Crippen LogP contribution in [0.1, 0.15) is 16.8 Å². The second kappa shape index (κ2) is 8.93. The number of oxazole rings is 1. The second-order valence-corrected chi connectivity index (χ2v) is 7.49. The van der Waals surface area contributed by atoms with Crippen LogP contribution < -0.4 is 11.1 Å². The summed E-state index contributed by atoms with van der Waals surface area (Å²) in [6.45, 7) is 1.57. The van der Waals surface area contributed by atoms with Gasteiger partial charge in [-0.3, -0.25) is 4.79 Å². The second-order valence-electron chi connectivity index (χ2n) is 7.49. The monoisotopic (exact) mass is 416 g/mol. The molecular weight excluding hydrogens is 392 g/mol. The summed E-state index contributed by atoms with van der Waals surface area (Å²) in [6.07, 6.45) is 4.24. The van der Waals surface area contributed by atoms with Crippen molar-refractivity contribution < 1.29 is 9.21 Å². The first kappa shape index (κ1) is 20.5. The first-order chi connectivity index (χ1) is 15.0. The lowest BCUT2D eigenvalue weighted by Crippen LogP contribution is -2.27. The zero-order valence-corrected chi connectivity index (χ0v) is 17.5. The number of aromatic nitrogens is 3. The molecule has 0 aliphatic heterocycles. The number of pyridine rings is 2. The van der Waals surface area contributed by atoms with Crippen LogP contribution in [0.25, 0.3) is 33.8 Å². The maximum absolute atomic E-state index is 12.3. The van der Waals surface area contributed by atoms with E-state index in [1.807, 2.05) is 38.4 Å². The number of fused-ring (bicyclic) bond motifs is 1. The highest BCUT2D eigenvalue weighted by Gasteiger charge is 2.14. The Hall–Kier alpha value is -3.78. The van der Waals surface area contributed by atoms with Gasteiger partial charge in [0.1, 0.15) is 11.3 Å². The first-order valence-electron chi connectivity index (χ1n) is 10.0. The molecule has 3 heterocycles. The fourth-order valence-electron chi connectivity index (χ4n) is 3.20. The van der Waals surface area contributed by atoms with Crippen molar-refractivity contribution in [1.82, 2.24) is 25.2 Å². The smallest absolute Gasteiger partial charge is 0.251 e. The van der Waals surface area contributed by atoms with Gasteiger partial charge in [-0.15, -0.1) is 0 Å². The van der Waals surface area contributed by atoms with E-state index in [0.29, 0.717) is 40.6 Å². The lowest BCUT2D eigenvalue weighted by atomic mass is 10.0. The topological polar surface area (TPSA) is 110 Å². The number of benzene rings is 1. The van der Waals surface area contributed by atoms with Gasteiger partial charge in [0, 0.05) is 30.1 Å². The van der Waals surface area contributed by atoms with E-state index in [1.54, 1.807) is 30.6 Å². The molecule has 0 saturated heterocycles. The molecule has 8 nitrogen and oxygen atoms in total. The number of hydrogen-bond donors (Lipinski definition) is 2. The lowest BCUT2D eigenvalue weighted by Gasteiger charge is -2.10. The van der Waals surface area contributed by atoms with E-state index in [4.69, 9.17) is 10.2 Å². The van der Waals surface area contributed by atoms with Crippen molar-refractivity contribution in [3.8, 4) is 22.6 Å². The maximum Gasteiger partial charge on any atom is 0.251 e. The average molecular weight is 416 g/mol. The summed E-state index contributed by atoms with van der Waals surface area (Å²) in [5.74, 6) is 0.610. The van der Waals surface area contributed by atoms with E-state index >= 15 is 0 Å². The highest BCUT2D eigenvalue weighted by atomic mass is 16.4. The van der Waals surface area contributed by atoms with Gasteiger partial charge in [-0.2, -0.15) is 0 Å².